The number of benzene rings is 1. The van der Waals surface area contributed by atoms with E-state index in [1.165, 1.54) is 6.92 Å². The van der Waals surface area contributed by atoms with Crippen molar-refractivity contribution in [2.75, 3.05) is 0 Å². The van der Waals surface area contributed by atoms with Gasteiger partial charge in [-0.15, -0.1) is 0 Å². The maximum Gasteiger partial charge on any atom is 0.416 e. The van der Waals surface area contributed by atoms with Gasteiger partial charge in [0.15, 0.2) is 5.78 Å². The number of aliphatic hydroxyl groups is 1. The fourth-order valence-electron chi connectivity index (χ4n) is 1.06. The van der Waals surface area contributed by atoms with Crippen LogP contribution >= 0.6 is 0 Å². The molecule has 0 aromatic heterocycles. The highest BCUT2D eigenvalue weighted by Crippen LogP contribution is 2.29. The van der Waals surface area contributed by atoms with Crippen molar-refractivity contribution in [3.63, 3.8) is 0 Å². The highest BCUT2D eigenvalue weighted by atomic mass is 19.4. The normalized spacial score (nSPS) is 13.7. The predicted molar refractivity (Wildman–Crippen MR) is 47.5 cm³/mol. The first-order valence-corrected chi connectivity index (χ1v) is 4.22. The molecule has 0 bridgehead atoms. The van der Waals surface area contributed by atoms with Crippen LogP contribution in [0.3, 0.4) is 0 Å². The number of hydrogen-bond acceptors (Lipinski definition) is 2. The van der Waals surface area contributed by atoms with E-state index in [2.05, 4.69) is 0 Å². The molecule has 1 N–H and O–H groups in total. The Hall–Kier alpha value is -1.36. The zero-order valence-corrected chi connectivity index (χ0v) is 7.88. The van der Waals surface area contributed by atoms with E-state index in [-0.39, 0.29) is 5.56 Å². The van der Waals surface area contributed by atoms with Crippen LogP contribution in [0.15, 0.2) is 24.3 Å². The van der Waals surface area contributed by atoms with Crippen molar-refractivity contribution < 1.29 is 23.1 Å². The minimum atomic E-state index is -4.41. The predicted octanol–water partition coefficient (Wildman–Crippen LogP) is 2.27. The molecule has 0 fully saturated rings. The van der Waals surface area contributed by atoms with Crippen molar-refractivity contribution in [1.29, 1.82) is 0 Å². The van der Waals surface area contributed by atoms with E-state index in [1.807, 2.05) is 0 Å². The van der Waals surface area contributed by atoms with Gasteiger partial charge in [0.2, 0.25) is 0 Å². The number of aliphatic hydroxyl groups excluding tert-OH is 1. The average Bonchev–Trinajstić information content (AvgIpc) is 2.15. The monoisotopic (exact) mass is 218 g/mol. The van der Waals surface area contributed by atoms with Gasteiger partial charge in [0.05, 0.1) is 5.56 Å². The Kier molecular flexibility index (Phi) is 3.14. The molecule has 15 heavy (non-hydrogen) atoms. The number of hydrogen-bond donors (Lipinski definition) is 1. The van der Waals surface area contributed by atoms with Crippen LogP contribution in [0.1, 0.15) is 22.8 Å². The second-order valence-corrected chi connectivity index (χ2v) is 3.12. The molecule has 5 heteroatoms. The van der Waals surface area contributed by atoms with E-state index in [0.29, 0.717) is 0 Å². The number of Topliss-reactive ketones (excluding diaryl/α,β-unsaturated/α-hetero) is 1. The highest BCUT2D eigenvalue weighted by molar-refractivity contribution is 5.99. The Balaban J connectivity index is 2.96. The molecule has 0 saturated heterocycles. The molecule has 0 aliphatic heterocycles. The van der Waals surface area contributed by atoms with Crippen molar-refractivity contribution in [3.05, 3.63) is 35.4 Å². The van der Waals surface area contributed by atoms with Gasteiger partial charge in [0.1, 0.15) is 6.10 Å². The number of halogens is 3. The fraction of sp³-hybridized carbons (Fsp3) is 0.300. The Morgan fingerprint density at radius 3 is 2.07 bits per heavy atom. The van der Waals surface area contributed by atoms with Gasteiger partial charge in [-0.2, -0.15) is 13.2 Å². The molecule has 82 valence electrons. The number of ketones is 1. The van der Waals surface area contributed by atoms with E-state index in [9.17, 15) is 18.0 Å². The summed E-state index contributed by atoms with van der Waals surface area (Å²) in [7, 11) is 0. The van der Waals surface area contributed by atoms with E-state index >= 15 is 0 Å². The standard InChI is InChI=1S/C10H9F3O2/c1-6(14)9(15)7-2-4-8(5-3-7)10(11,12)13/h2-6,14H,1H3. The lowest BCUT2D eigenvalue weighted by Crippen LogP contribution is -2.16. The van der Waals surface area contributed by atoms with Crippen LogP contribution in [-0.2, 0) is 6.18 Å². The van der Waals surface area contributed by atoms with Crippen molar-refractivity contribution in [1.82, 2.24) is 0 Å². The first-order valence-electron chi connectivity index (χ1n) is 4.22. The lowest BCUT2D eigenvalue weighted by Gasteiger charge is -2.07. The molecule has 1 aromatic rings. The van der Waals surface area contributed by atoms with E-state index in [1.54, 1.807) is 0 Å². The third kappa shape index (κ3) is 2.79. The van der Waals surface area contributed by atoms with Gasteiger partial charge in [0, 0.05) is 5.56 Å². The van der Waals surface area contributed by atoms with Crippen LogP contribution in [0, 0.1) is 0 Å². The average molecular weight is 218 g/mol. The largest absolute Gasteiger partial charge is 0.416 e. The molecule has 1 rings (SSSR count). The molecule has 0 aliphatic carbocycles. The molecule has 1 aromatic carbocycles. The van der Waals surface area contributed by atoms with Crippen molar-refractivity contribution >= 4 is 5.78 Å². The van der Waals surface area contributed by atoms with E-state index in [0.717, 1.165) is 24.3 Å². The van der Waals surface area contributed by atoms with Crippen molar-refractivity contribution in [3.8, 4) is 0 Å². The summed E-state index contributed by atoms with van der Waals surface area (Å²) < 4.78 is 36.4. The lowest BCUT2D eigenvalue weighted by atomic mass is 10.1. The second-order valence-electron chi connectivity index (χ2n) is 3.12. The maximum atomic E-state index is 12.1. The summed E-state index contributed by atoms with van der Waals surface area (Å²) in [5.41, 5.74) is -0.748. The highest BCUT2D eigenvalue weighted by Gasteiger charge is 2.30. The SMILES string of the molecule is CC(O)C(=O)c1ccc(C(F)(F)F)cc1. The third-order valence-corrected chi connectivity index (χ3v) is 1.88. The third-order valence-electron chi connectivity index (χ3n) is 1.88. The zero-order chi connectivity index (χ0) is 11.6. The zero-order valence-electron chi connectivity index (χ0n) is 7.88. The minimum absolute atomic E-state index is 0.0676. The molecule has 2 nitrogen and oxygen atoms in total. The molecule has 0 saturated carbocycles. The van der Waals surface area contributed by atoms with Crippen molar-refractivity contribution in [2.45, 2.75) is 19.2 Å². The van der Waals surface area contributed by atoms with Crippen LogP contribution in [0.25, 0.3) is 0 Å². The molecule has 1 atom stereocenters. The summed E-state index contributed by atoms with van der Waals surface area (Å²) in [5, 5.41) is 8.93. The van der Waals surface area contributed by atoms with Crippen LogP contribution in [-0.4, -0.2) is 17.0 Å². The summed E-state index contributed by atoms with van der Waals surface area (Å²) in [6.07, 6.45) is -5.62. The Bertz CT molecular complexity index is 352. The molecular formula is C10H9F3O2. The smallest absolute Gasteiger partial charge is 0.385 e. The quantitative estimate of drug-likeness (QED) is 0.773. The van der Waals surface area contributed by atoms with Crippen LogP contribution in [0.5, 0.6) is 0 Å². The number of carbonyl (C=O) groups is 1. The number of rotatable bonds is 2. The Morgan fingerprint density at radius 1 is 1.27 bits per heavy atom. The second kappa shape index (κ2) is 4.02. The molecular weight excluding hydrogens is 209 g/mol. The lowest BCUT2D eigenvalue weighted by molar-refractivity contribution is -0.137. The number of alkyl halides is 3. The van der Waals surface area contributed by atoms with Crippen molar-refractivity contribution in [2.24, 2.45) is 0 Å². The summed E-state index contributed by atoms with van der Waals surface area (Å²) in [4.78, 5) is 11.2. The van der Waals surface area contributed by atoms with Crippen LogP contribution in [0.2, 0.25) is 0 Å². The Morgan fingerprint density at radius 2 is 1.73 bits per heavy atom. The summed E-state index contributed by atoms with van der Waals surface area (Å²) >= 11 is 0. The first kappa shape index (κ1) is 11.7. The van der Waals surface area contributed by atoms with E-state index in [4.69, 9.17) is 5.11 Å². The van der Waals surface area contributed by atoms with Gasteiger partial charge in [-0.3, -0.25) is 4.79 Å². The summed E-state index contributed by atoms with van der Waals surface area (Å²) in [6, 6.07) is 3.74. The van der Waals surface area contributed by atoms with Crippen LogP contribution < -0.4 is 0 Å². The molecule has 0 aliphatic rings. The molecule has 1 unspecified atom stereocenters. The minimum Gasteiger partial charge on any atom is -0.385 e. The fourth-order valence-corrected chi connectivity index (χ4v) is 1.06. The molecule has 0 radical (unpaired) electrons. The molecule has 0 amide bonds. The topological polar surface area (TPSA) is 37.3 Å². The maximum absolute atomic E-state index is 12.1. The summed E-state index contributed by atoms with van der Waals surface area (Å²) in [5.74, 6) is -0.594. The Labute approximate surface area is 84.3 Å². The van der Waals surface area contributed by atoms with E-state index < -0.39 is 23.6 Å². The van der Waals surface area contributed by atoms with Gasteiger partial charge < -0.3 is 5.11 Å². The molecule has 0 spiro atoms. The molecule has 0 heterocycles. The van der Waals surface area contributed by atoms with Gasteiger partial charge in [-0.05, 0) is 19.1 Å². The van der Waals surface area contributed by atoms with Gasteiger partial charge in [0.25, 0.3) is 0 Å². The van der Waals surface area contributed by atoms with Gasteiger partial charge in [-0.25, -0.2) is 0 Å². The number of carbonyl (C=O) groups excluding carboxylic acids is 1. The van der Waals surface area contributed by atoms with Crippen LogP contribution in [0.4, 0.5) is 13.2 Å². The van der Waals surface area contributed by atoms with Gasteiger partial charge in [-0.1, -0.05) is 12.1 Å². The first-order chi connectivity index (χ1) is 6.82. The summed E-state index contributed by atoms with van der Waals surface area (Å²) in [6.45, 7) is 1.26. The van der Waals surface area contributed by atoms with Gasteiger partial charge >= 0.3 is 6.18 Å².